The van der Waals surface area contributed by atoms with Gasteiger partial charge in [0, 0.05) is 12.1 Å². The van der Waals surface area contributed by atoms with Crippen LogP contribution in [0.2, 0.25) is 0 Å². The summed E-state index contributed by atoms with van der Waals surface area (Å²) in [6.07, 6.45) is 9.05. The van der Waals surface area contributed by atoms with Gasteiger partial charge in [0.25, 0.3) is 0 Å². The van der Waals surface area contributed by atoms with E-state index in [-0.39, 0.29) is 17.9 Å². The number of nitrogens with one attached hydrogen (secondary N) is 3. The Morgan fingerprint density at radius 2 is 2.22 bits per heavy atom. The van der Waals surface area contributed by atoms with Gasteiger partial charge in [0.05, 0.1) is 19.6 Å². The van der Waals surface area contributed by atoms with Crippen LogP contribution in [0, 0.1) is 17.4 Å². The van der Waals surface area contributed by atoms with Gasteiger partial charge in [-0.2, -0.15) is 5.26 Å². The van der Waals surface area contributed by atoms with E-state index in [0.29, 0.717) is 18.5 Å². The number of hydrogen-bond donors (Lipinski definition) is 3. The van der Waals surface area contributed by atoms with E-state index in [1.165, 1.54) is 20.0 Å². The Morgan fingerprint density at radius 1 is 1.35 bits per heavy atom. The highest BCUT2D eigenvalue weighted by Crippen LogP contribution is 2.25. The largest absolute Gasteiger partial charge is 0.469 e. The van der Waals surface area contributed by atoms with E-state index in [1.54, 1.807) is 0 Å². The maximum atomic E-state index is 11.7. The highest BCUT2D eigenvalue weighted by molar-refractivity contribution is 5.81. The third-order valence-corrected chi connectivity index (χ3v) is 4.61. The number of methoxy groups -OCH3 is 1. The number of guanidine groups is 1. The van der Waals surface area contributed by atoms with Crippen molar-refractivity contribution in [2.24, 2.45) is 10.9 Å². The van der Waals surface area contributed by atoms with E-state index in [1.807, 2.05) is 6.19 Å². The average Bonchev–Trinajstić information content (AvgIpc) is 2.60. The van der Waals surface area contributed by atoms with Crippen LogP contribution in [0.15, 0.2) is 4.99 Å². The molecule has 0 aromatic heterocycles. The van der Waals surface area contributed by atoms with Crippen molar-refractivity contribution in [1.29, 1.82) is 5.26 Å². The highest BCUT2D eigenvalue weighted by atomic mass is 16.5. The molecule has 23 heavy (non-hydrogen) atoms. The molecule has 1 saturated carbocycles. The minimum atomic E-state index is -0.144. The van der Waals surface area contributed by atoms with Gasteiger partial charge in [-0.1, -0.05) is 12.8 Å². The lowest BCUT2D eigenvalue weighted by Crippen LogP contribution is -2.45. The van der Waals surface area contributed by atoms with E-state index < -0.39 is 0 Å². The molecule has 1 saturated heterocycles. The summed E-state index contributed by atoms with van der Waals surface area (Å²) in [6.45, 7) is 1.70. The van der Waals surface area contributed by atoms with Gasteiger partial charge in [-0.3, -0.25) is 15.1 Å². The number of carbonyl (C=O) groups excluding carboxylic acids is 1. The SMILES string of the molecule is COC(=O)C1CCCC(NC(=NCC2CCCCN2)NC#N)C1. The molecule has 3 unspecified atom stereocenters. The molecular weight excluding hydrogens is 294 g/mol. The standard InChI is InChI=1S/C16H27N5O2/c1-23-15(22)12-5-4-7-13(9-12)21-16(20-11-17)19-10-14-6-2-3-8-18-14/h12-14,18H,2-10H2,1H3,(H2,19,20,21). The van der Waals surface area contributed by atoms with Crippen molar-refractivity contribution in [3.8, 4) is 6.19 Å². The maximum Gasteiger partial charge on any atom is 0.308 e. The molecule has 2 aliphatic rings. The lowest BCUT2D eigenvalue weighted by Gasteiger charge is -2.29. The molecule has 1 heterocycles. The fraction of sp³-hybridized carbons (Fsp3) is 0.812. The van der Waals surface area contributed by atoms with Gasteiger partial charge in [-0.25, -0.2) is 0 Å². The molecule has 0 radical (unpaired) electrons. The summed E-state index contributed by atoms with van der Waals surface area (Å²) in [5.74, 6) is 0.305. The van der Waals surface area contributed by atoms with Gasteiger partial charge in [0.15, 0.2) is 6.19 Å². The van der Waals surface area contributed by atoms with Crippen molar-refractivity contribution in [2.45, 2.75) is 57.0 Å². The lowest BCUT2D eigenvalue weighted by molar-refractivity contribution is -0.146. The van der Waals surface area contributed by atoms with Gasteiger partial charge in [-0.15, -0.1) is 0 Å². The number of nitriles is 1. The summed E-state index contributed by atoms with van der Waals surface area (Å²) in [4.78, 5) is 16.2. The molecule has 2 rings (SSSR count). The van der Waals surface area contributed by atoms with Gasteiger partial charge < -0.3 is 15.4 Å². The molecule has 0 spiro atoms. The predicted octanol–water partition coefficient (Wildman–Crippen LogP) is 0.877. The zero-order valence-corrected chi connectivity index (χ0v) is 13.8. The zero-order chi connectivity index (χ0) is 16.5. The Labute approximate surface area is 137 Å². The molecular formula is C16H27N5O2. The van der Waals surface area contributed by atoms with Crippen molar-refractivity contribution >= 4 is 11.9 Å². The summed E-state index contributed by atoms with van der Waals surface area (Å²) >= 11 is 0. The quantitative estimate of drug-likeness (QED) is 0.234. The Hall–Kier alpha value is -1.81. The number of ether oxygens (including phenoxy) is 1. The van der Waals surface area contributed by atoms with E-state index in [2.05, 4.69) is 20.9 Å². The lowest BCUT2D eigenvalue weighted by atomic mass is 9.86. The van der Waals surface area contributed by atoms with Crippen LogP contribution >= 0.6 is 0 Å². The first-order chi connectivity index (χ1) is 11.2. The van der Waals surface area contributed by atoms with E-state index in [4.69, 9.17) is 10.00 Å². The molecule has 7 heteroatoms. The molecule has 0 amide bonds. The highest BCUT2D eigenvalue weighted by Gasteiger charge is 2.28. The van der Waals surface area contributed by atoms with Crippen molar-refractivity contribution in [3.05, 3.63) is 0 Å². The summed E-state index contributed by atoms with van der Waals surface area (Å²) in [7, 11) is 1.43. The second-order valence-corrected chi connectivity index (χ2v) is 6.30. The fourth-order valence-electron chi connectivity index (χ4n) is 3.35. The number of hydrogen-bond acceptors (Lipinski definition) is 5. The summed E-state index contributed by atoms with van der Waals surface area (Å²) in [5, 5.41) is 18.3. The maximum absolute atomic E-state index is 11.7. The van der Waals surface area contributed by atoms with Crippen molar-refractivity contribution in [3.63, 3.8) is 0 Å². The first-order valence-electron chi connectivity index (χ1n) is 8.50. The van der Waals surface area contributed by atoms with E-state index >= 15 is 0 Å². The number of esters is 1. The normalized spacial score (nSPS) is 28.5. The van der Waals surface area contributed by atoms with Gasteiger partial charge in [0.2, 0.25) is 5.96 Å². The Kier molecular flexibility index (Phi) is 7.14. The number of nitrogens with zero attached hydrogens (tertiary/aromatic N) is 2. The number of aliphatic imine (C=N–C) groups is 1. The van der Waals surface area contributed by atoms with Gasteiger partial charge >= 0.3 is 5.97 Å². The second kappa shape index (κ2) is 9.36. The van der Waals surface area contributed by atoms with Crippen LogP contribution < -0.4 is 16.0 Å². The molecule has 128 valence electrons. The van der Waals surface area contributed by atoms with Crippen molar-refractivity contribution in [1.82, 2.24) is 16.0 Å². The number of piperidine rings is 1. The molecule has 3 atom stereocenters. The molecule has 1 aliphatic carbocycles. The summed E-state index contributed by atoms with van der Waals surface area (Å²) < 4.78 is 4.84. The molecule has 0 aromatic carbocycles. The van der Waals surface area contributed by atoms with Gasteiger partial charge in [0.1, 0.15) is 0 Å². The van der Waals surface area contributed by atoms with Crippen molar-refractivity contribution in [2.75, 3.05) is 20.2 Å². The fourth-order valence-corrected chi connectivity index (χ4v) is 3.35. The molecule has 1 aliphatic heterocycles. The molecule has 0 aromatic rings. The van der Waals surface area contributed by atoms with Crippen LogP contribution in [0.25, 0.3) is 0 Å². The number of carbonyl (C=O) groups is 1. The minimum Gasteiger partial charge on any atom is -0.469 e. The third-order valence-electron chi connectivity index (χ3n) is 4.61. The molecule has 2 fully saturated rings. The molecule has 3 N–H and O–H groups in total. The molecule has 7 nitrogen and oxygen atoms in total. The Bertz CT molecular complexity index is 454. The second-order valence-electron chi connectivity index (χ2n) is 6.30. The van der Waals surface area contributed by atoms with Crippen LogP contribution in [0.1, 0.15) is 44.9 Å². The monoisotopic (exact) mass is 321 g/mol. The van der Waals surface area contributed by atoms with Crippen molar-refractivity contribution < 1.29 is 9.53 Å². The van der Waals surface area contributed by atoms with Crippen LogP contribution in [0.4, 0.5) is 0 Å². The van der Waals surface area contributed by atoms with Gasteiger partial charge in [-0.05, 0) is 38.6 Å². The van der Waals surface area contributed by atoms with Crippen LogP contribution in [0.3, 0.4) is 0 Å². The third kappa shape index (κ3) is 5.71. The first kappa shape index (κ1) is 17.5. The average molecular weight is 321 g/mol. The Balaban J connectivity index is 1.87. The van der Waals surface area contributed by atoms with E-state index in [0.717, 1.165) is 38.6 Å². The van der Waals surface area contributed by atoms with Crippen LogP contribution in [-0.2, 0) is 9.53 Å². The predicted molar refractivity (Wildman–Crippen MR) is 87.6 cm³/mol. The first-order valence-corrected chi connectivity index (χ1v) is 8.50. The molecule has 0 bridgehead atoms. The smallest absolute Gasteiger partial charge is 0.308 e. The summed E-state index contributed by atoms with van der Waals surface area (Å²) in [5.41, 5.74) is 0. The van der Waals surface area contributed by atoms with Crippen LogP contribution in [-0.4, -0.2) is 44.2 Å². The van der Waals surface area contributed by atoms with Crippen LogP contribution in [0.5, 0.6) is 0 Å². The van der Waals surface area contributed by atoms with E-state index in [9.17, 15) is 4.79 Å². The topological polar surface area (TPSA) is 98.5 Å². The zero-order valence-electron chi connectivity index (χ0n) is 13.8. The minimum absolute atomic E-state index is 0.0606. The Morgan fingerprint density at radius 3 is 2.91 bits per heavy atom. The summed E-state index contributed by atoms with van der Waals surface area (Å²) in [6, 6.07) is 0.530. The number of rotatable bonds is 4.